The number of methoxy groups -OCH3 is 1. The van der Waals surface area contributed by atoms with Crippen molar-refractivity contribution in [2.75, 3.05) is 33.4 Å². The van der Waals surface area contributed by atoms with Gasteiger partial charge in [0.15, 0.2) is 0 Å². The highest BCUT2D eigenvalue weighted by Crippen LogP contribution is 2.30. The van der Waals surface area contributed by atoms with Crippen molar-refractivity contribution in [2.45, 2.75) is 11.0 Å². The van der Waals surface area contributed by atoms with Gasteiger partial charge in [-0.15, -0.1) is 0 Å². The van der Waals surface area contributed by atoms with Crippen LogP contribution in [0.3, 0.4) is 0 Å². The molecule has 2 rings (SSSR count). The van der Waals surface area contributed by atoms with E-state index in [2.05, 4.69) is 0 Å². The SMILES string of the molecule is COc1cc(Cl)ccc1S(=O)(=O)N1CCOC(CN)C1. The number of hydrogen-bond acceptors (Lipinski definition) is 5. The number of benzene rings is 1. The summed E-state index contributed by atoms with van der Waals surface area (Å²) in [5.74, 6) is 0.230. The molecular formula is C12H17ClN2O4S. The number of ether oxygens (including phenoxy) is 2. The molecular weight excluding hydrogens is 304 g/mol. The Labute approximate surface area is 123 Å². The fraction of sp³-hybridized carbons (Fsp3) is 0.500. The maximum absolute atomic E-state index is 12.6. The topological polar surface area (TPSA) is 81.9 Å². The molecule has 1 saturated heterocycles. The summed E-state index contributed by atoms with van der Waals surface area (Å²) in [6, 6.07) is 4.45. The van der Waals surface area contributed by atoms with E-state index in [1.54, 1.807) is 0 Å². The van der Waals surface area contributed by atoms with Crippen LogP contribution >= 0.6 is 11.6 Å². The van der Waals surface area contributed by atoms with Crippen molar-refractivity contribution < 1.29 is 17.9 Å². The van der Waals surface area contributed by atoms with Crippen LogP contribution in [-0.2, 0) is 14.8 Å². The van der Waals surface area contributed by atoms with Gasteiger partial charge < -0.3 is 15.2 Å². The minimum absolute atomic E-state index is 0.0991. The minimum Gasteiger partial charge on any atom is -0.495 e. The van der Waals surface area contributed by atoms with E-state index in [0.717, 1.165) is 0 Å². The van der Waals surface area contributed by atoms with E-state index in [1.165, 1.54) is 29.6 Å². The van der Waals surface area contributed by atoms with Gasteiger partial charge in [0, 0.05) is 30.7 Å². The molecule has 0 bridgehead atoms. The summed E-state index contributed by atoms with van der Waals surface area (Å²) in [6.45, 7) is 1.15. The zero-order valence-corrected chi connectivity index (χ0v) is 12.7. The van der Waals surface area contributed by atoms with Gasteiger partial charge in [-0.3, -0.25) is 0 Å². The van der Waals surface area contributed by atoms with Crippen molar-refractivity contribution in [1.82, 2.24) is 4.31 Å². The van der Waals surface area contributed by atoms with Crippen LogP contribution in [0.4, 0.5) is 0 Å². The van der Waals surface area contributed by atoms with Crippen molar-refractivity contribution >= 4 is 21.6 Å². The van der Waals surface area contributed by atoms with Crippen LogP contribution in [-0.4, -0.2) is 52.2 Å². The van der Waals surface area contributed by atoms with E-state index in [1.807, 2.05) is 0 Å². The number of rotatable bonds is 4. The fourth-order valence-electron chi connectivity index (χ4n) is 2.05. The Hall–Kier alpha value is -0.860. The maximum Gasteiger partial charge on any atom is 0.246 e. The third-order valence-corrected chi connectivity index (χ3v) is 5.25. The maximum atomic E-state index is 12.6. The molecule has 1 aliphatic rings. The number of sulfonamides is 1. The molecule has 1 aromatic rings. The van der Waals surface area contributed by atoms with Gasteiger partial charge in [0.25, 0.3) is 0 Å². The first kappa shape index (κ1) is 15.5. The molecule has 1 aromatic carbocycles. The van der Waals surface area contributed by atoms with Crippen molar-refractivity contribution in [1.29, 1.82) is 0 Å². The lowest BCUT2D eigenvalue weighted by Gasteiger charge is -2.31. The van der Waals surface area contributed by atoms with Crippen LogP contribution in [0, 0.1) is 0 Å². The van der Waals surface area contributed by atoms with Crippen LogP contribution in [0.25, 0.3) is 0 Å². The number of morpholine rings is 1. The van der Waals surface area contributed by atoms with E-state index in [9.17, 15) is 8.42 Å². The van der Waals surface area contributed by atoms with Gasteiger partial charge in [-0.25, -0.2) is 8.42 Å². The summed E-state index contributed by atoms with van der Waals surface area (Å²) in [6.07, 6.45) is -0.281. The van der Waals surface area contributed by atoms with E-state index in [0.29, 0.717) is 18.2 Å². The van der Waals surface area contributed by atoms with Crippen molar-refractivity contribution in [3.63, 3.8) is 0 Å². The lowest BCUT2D eigenvalue weighted by molar-refractivity contribution is 0.00447. The van der Waals surface area contributed by atoms with Crippen molar-refractivity contribution in [3.05, 3.63) is 23.2 Å². The number of hydrogen-bond donors (Lipinski definition) is 1. The second-order valence-electron chi connectivity index (χ2n) is 4.39. The number of halogens is 1. The van der Waals surface area contributed by atoms with Gasteiger partial charge in [-0.05, 0) is 12.1 Å². The van der Waals surface area contributed by atoms with Crippen LogP contribution in [0.2, 0.25) is 5.02 Å². The highest BCUT2D eigenvalue weighted by atomic mass is 35.5. The smallest absolute Gasteiger partial charge is 0.246 e. The lowest BCUT2D eigenvalue weighted by atomic mass is 10.3. The molecule has 1 fully saturated rings. The van der Waals surface area contributed by atoms with E-state index < -0.39 is 10.0 Å². The van der Waals surface area contributed by atoms with Gasteiger partial charge >= 0.3 is 0 Å². The van der Waals surface area contributed by atoms with Crippen LogP contribution < -0.4 is 10.5 Å². The Morgan fingerprint density at radius 2 is 2.30 bits per heavy atom. The minimum atomic E-state index is -3.65. The zero-order chi connectivity index (χ0) is 14.8. The highest BCUT2D eigenvalue weighted by molar-refractivity contribution is 7.89. The quantitative estimate of drug-likeness (QED) is 0.883. The molecule has 0 spiro atoms. The molecule has 112 valence electrons. The second-order valence-corrected chi connectivity index (χ2v) is 6.73. The molecule has 8 heteroatoms. The predicted octanol–water partition coefficient (Wildman–Crippen LogP) is 0.697. The summed E-state index contributed by atoms with van der Waals surface area (Å²) in [7, 11) is -2.24. The summed E-state index contributed by atoms with van der Waals surface area (Å²) in [4.78, 5) is 0.0991. The van der Waals surface area contributed by atoms with E-state index in [-0.39, 0.29) is 29.8 Å². The highest BCUT2D eigenvalue weighted by Gasteiger charge is 2.32. The first-order valence-electron chi connectivity index (χ1n) is 6.14. The third kappa shape index (κ3) is 3.07. The largest absolute Gasteiger partial charge is 0.495 e. The van der Waals surface area contributed by atoms with Crippen LogP contribution in [0.5, 0.6) is 5.75 Å². The van der Waals surface area contributed by atoms with Crippen LogP contribution in [0.15, 0.2) is 23.1 Å². The van der Waals surface area contributed by atoms with E-state index >= 15 is 0 Å². The molecule has 1 unspecified atom stereocenters. The van der Waals surface area contributed by atoms with Gasteiger partial charge in [0.05, 0.1) is 19.8 Å². The molecule has 0 aliphatic carbocycles. The molecule has 0 amide bonds. The summed E-state index contributed by atoms with van der Waals surface area (Å²) < 4.78 is 37.1. The Morgan fingerprint density at radius 1 is 1.55 bits per heavy atom. The van der Waals surface area contributed by atoms with Crippen molar-refractivity contribution in [3.8, 4) is 5.75 Å². The van der Waals surface area contributed by atoms with Gasteiger partial charge in [0.1, 0.15) is 10.6 Å². The Kier molecular flexibility index (Phi) is 4.87. The predicted molar refractivity (Wildman–Crippen MR) is 75.6 cm³/mol. The number of nitrogens with two attached hydrogens (primary N) is 1. The van der Waals surface area contributed by atoms with Crippen molar-refractivity contribution in [2.24, 2.45) is 5.73 Å². The first-order valence-corrected chi connectivity index (χ1v) is 7.96. The summed E-state index contributed by atoms with van der Waals surface area (Å²) in [5, 5.41) is 0.419. The molecule has 1 aliphatic heterocycles. The summed E-state index contributed by atoms with van der Waals surface area (Å²) >= 11 is 5.85. The monoisotopic (exact) mass is 320 g/mol. The molecule has 20 heavy (non-hydrogen) atoms. The first-order chi connectivity index (χ1) is 9.48. The van der Waals surface area contributed by atoms with Gasteiger partial charge in [-0.2, -0.15) is 4.31 Å². The third-order valence-electron chi connectivity index (χ3n) is 3.11. The molecule has 0 saturated carbocycles. The normalized spacial score (nSPS) is 20.9. The summed E-state index contributed by atoms with van der Waals surface area (Å²) in [5.41, 5.74) is 5.53. The van der Waals surface area contributed by atoms with Gasteiger partial charge in [0.2, 0.25) is 10.0 Å². The Balaban J connectivity index is 2.35. The molecule has 2 N–H and O–H groups in total. The van der Waals surface area contributed by atoms with Crippen LogP contribution in [0.1, 0.15) is 0 Å². The number of nitrogens with zero attached hydrogens (tertiary/aromatic N) is 1. The standard InChI is InChI=1S/C12H17ClN2O4S/c1-18-11-6-9(13)2-3-12(11)20(16,17)15-4-5-19-10(7-14)8-15/h2-3,6,10H,4-5,7-8,14H2,1H3. The van der Waals surface area contributed by atoms with Gasteiger partial charge in [-0.1, -0.05) is 11.6 Å². The molecule has 1 heterocycles. The molecule has 0 radical (unpaired) electrons. The average Bonchev–Trinajstić information content (AvgIpc) is 2.46. The average molecular weight is 321 g/mol. The second kappa shape index (κ2) is 6.28. The molecule has 0 aromatic heterocycles. The lowest BCUT2D eigenvalue weighted by Crippen LogP contribution is -2.48. The van der Waals surface area contributed by atoms with E-state index in [4.69, 9.17) is 26.8 Å². The molecule has 1 atom stereocenters. The Bertz CT molecular complexity index is 579. The fourth-order valence-corrected chi connectivity index (χ4v) is 3.80. The molecule has 6 nitrogen and oxygen atoms in total. The zero-order valence-electron chi connectivity index (χ0n) is 11.1. The Morgan fingerprint density at radius 3 is 2.95 bits per heavy atom.